The zero-order chi connectivity index (χ0) is 12.8. The molecule has 3 atom stereocenters. The highest BCUT2D eigenvalue weighted by molar-refractivity contribution is 5.92. The number of rotatable bonds is 1. The summed E-state index contributed by atoms with van der Waals surface area (Å²) in [5, 5.41) is 10.9. The lowest BCUT2D eigenvalue weighted by Gasteiger charge is -2.52. The summed E-state index contributed by atoms with van der Waals surface area (Å²) in [6.07, 6.45) is 3.93. The van der Waals surface area contributed by atoms with Gasteiger partial charge in [-0.15, -0.1) is 0 Å². The molecule has 1 saturated carbocycles. The van der Waals surface area contributed by atoms with Crippen LogP contribution in [0.4, 0.5) is 0 Å². The van der Waals surface area contributed by atoms with Crippen LogP contribution in [0.5, 0.6) is 0 Å². The molecule has 17 heavy (non-hydrogen) atoms. The third-order valence-electron chi connectivity index (χ3n) is 4.75. The van der Waals surface area contributed by atoms with Crippen LogP contribution in [0.1, 0.15) is 46.5 Å². The van der Waals surface area contributed by atoms with Crippen LogP contribution in [-0.4, -0.2) is 22.3 Å². The Morgan fingerprint density at radius 3 is 2.76 bits per heavy atom. The van der Waals surface area contributed by atoms with Gasteiger partial charge in [0.15, 0.2) is 5.78 Å². The van der Waals surface area contributed by atoms with E-state index in [2.05, 4.69) is 0 Å². The zero-order valence-corrected chi connectivity index (χ0v) is 10.7. The molecular weight excluding hydrogens is 216 g/mol. The topological polar surface area (TPSA) is 54.4 Å². The molecule has 1 N–H and O–H groups in total. The van der Waals surface area contributed by atoms with Crippen LogP contribution in [0, 0.1) is 11.3 Å². The number of ketones is 2. The Balaban J connectivity index is 2.40. The summed E-state index contributed by atoms with van der Waals surface area (Å²) in [5.74, 6) is 0.172. The molecule has 0 spiro atoms. The quantitative estimate of drug-likeness (QED) is 0.758. The van der Waals surface area contributed by atoms with Crippen LogP contribution in [0.2, 0.25) is 0 Å². The summed E-state index contributed by atoms with van der Waals surface area (Å²) in [6.45, 7) is 5.36. The van der Waals surface area contributed by atoms with Crippen molar-refractivity contribution in [2.24, 2.45) is 11.3 Å². The lowest BCUT2D eigenvalue weighted by molar-refractivity contribution is -0.141. The second kappa shape index (κ2) is 3.77. The van der Waals surface area contributed by atoms with Gasteiger partial charge in [-0.1, -0.05) is 6.92 Å². The van der Waals surface area contributed by atoms with Gasteiger partial charge in [0.25, 0.3) is 0 Å². The summed E-state index contributed by atoms with van der Waals surface area (Å²) in [6, 6.07) is 0. The van der Waals surface area contributed by atoms with Gasteiger partial charge in [-0.2, -0.15) is 0 Å². The van der Waals surface area contributed by atoms with Gasteiger partial charge < -0.3 is 5.11 Å². The minimum absolute atomic E-state index is 0.0652. The summed E-state index contributed by atoms with van der Waals surface area (Å²) < 4.78 is 0. The molecule has 1 fully saturated rings. The first-order valence-electron chi connectivity index (χ1n) is 6.23. The maximum absolute atomic E-state index is 11.6. The fourth-order valence-electron chi connectivity index (χ4n) is 3.42. The Hall–Kier alpha value is -0.960. The molecule has 0 bridgehead atoms. The summed E-state index contributed by atoms with van der Waals surface area (Å²) in [5.41, 5.74) is -0.646. The predicted molar refractivity (Wildman–Crippen MR) is 64.5 cm³/mol. The molecule has 0 saturated heterocycles. The van der Waals surface area contributed by atoms with E-state index in [0.717, 1.165) is 18.4 Å². The molecule has 94 valence electrons. The van der Waals surface area contributed by atoms with Crippen molar-refractivity contribution >= 4 is 11.6 Å². The molecule has 2 aliphatic carbocycles. The Kier molecular flexibility index (Phi) is 2.77. The zero-order valence-electron chi connectivity index (χ0n) is 10.7. The highest BCUT2D eigenvalue weighted by Crippen LogP contribution is 2.54. The Labute approximate surface area is 102 Å². The second-order valence-electron chi connectivity index (χ2n) is 5.94. The van der Waals surface area contributed by atoms with E-state index in [1.54, 1.807) is 19.9 Å². The van der Waals surface area contributed by atoms with Crippen LogP contribution < -0.4 is 0 Å². The molecule has 0 aliphatic heterocycles. The Bertz CT molecular complexity index is 410. The van der Waals surface area contributed by atoms with Crippen LogP contribution in [0.25, 0.3) is 0 Å². The minimum atomic E-state index is -0.977. The minimum Gasteiger partial charge on any atom is -0.385 e. The van der Waals surface area contributed by atoms with E-state index in [4.69, 9.17) is 0 Å². The molecule has 2 rings (SSSR count). The molecule has 0 aromatic heterocycles. The van der Waals surface area contributed by atoms with Crippen LogP contribution in [0.15, 0.2) is 11.6 Å². The van der Waals surface area contributed by atoms with E-state index in [9.17, 15) is 14.7 Å². The van der Waals surface area contributed by atoms with Crippen LogP contribution in [-0.2, 0) is 9.59 Å². The fraction of sp³-hybridized carbons (Fsp3) is 0.714. The number of fused-ring (bicyclic) bond motifs is 1. The standard InChI is InChI=1S/C14H20O3/c1-9-6-12(16)8-13(3)5-4-11(10(2)15)7-14(9,13)17/h6,11,17H,4-5,7-8H2,1-3H3/t11-,13+,14-/m0/s1. The van der Waals surface area contributed by atoms with Crippen molar-refractivity contribution in [1.29, 1.82) is 0 Å². The molecule has 0 radical (unpaired) electrons. The largest absolute Gasteiger partial charge is 0.385 e. The highest BCUT2D eigenvalue weighted by atomic mass is 16.3. The van der Waals surface area contributed by atoms with Crippen LogP contribution in [0.3, 0.4) is 0 Å². The number of Topliss-reactive ketones (excluding diaryl/α,β-unsaturated/α-hetero) is 1. The van der Waals surface area contributed by atoms with Crippen molar-refractivity contribution in [3.8, 4) is 0 Å². The molecule has 3 heteroatoms. The van der Waals surface area contributed by atoms with Gasteiger partial charge in [-0.3, -0.25) is 9.59 Å². The first-order chi connectivity index (χ1) is 7.78. The van der Waals surface area contributed by atoms with Crippen molar-refractivity contribution in [2.45, 2.75) is 52.1 Å². The Morgan fingerprint density at radius 1 is 1.53 bits per heavy atom. The average molecular weight is 236 g/mol. The summed E-state index contributed by atoms with van der Waals surface area (Å²) in [4.78, 5) is 23.1. The van der Waals surface area contributed by atoms with Gasteiger partial charge in [0, 0.05) is 17.8 Å². The number of carbonyl (C=O) groups is 2. The maximum atomic E-state index is 11.6. The van der Waals surface area contributed by atoms with E-state index in [1.165, 1.54) is 0 Å². The monoisotopic (exact) mass is 236 g/mol. The van der Waals surface area contributed by atoms with E-state index >= 15 is 0 Å². The van der Waals surface area contributed by atoms with E-state index in [1.807, 2.05) is 6.92 Å². The third kappa shape index (κ3) is 1.77. The Morgan fingerprint density at radius 2 is 2.18 bits per heavy atom. The number of hydrogen-bond donors (Lipinski definition) is 1. The molecule has 0 aromatic rings. The molecule has 0 aromatic carbocycles. The summed E-state index contributed by atoms with van der Waals surface area (Å²) >= 11 is 0. The van der Waals surface area contributed by atoms with Crippen molar-refractivity contribution in [2.75, 3.05) is 0 Å². The second-order valence-corrected chi connectivity index (χ2v) is 5.94. The highest BCUT2D eigenvalue weighted by Gasteiger charge is 2.55. The van der Waals surface area contributed by atoms with Crippen molar-refractivity contribution in [1.82, 2.24) is 0 Å². The van der Waals surface area contributed by atoms with E-state index in [-0.39, 0.29) is 17.5 Å². The van der Waals surface area contributed by atoms with Gasteiger partial charge in [-0.25, -0.2) is 0 Å². The lowest BCUT2D eigenvalue weighted by Crippen LogP contribution is -2.55. The van der Waals surface area contributed by atoms with Gasteiger partial charge in [0.1, 0.15) is 5.78 Å². The number of allylic oxidation sites excluding steroid dienone is 1. The van der Waals surface area contributed by atoms with Crippen molar-refractivity contribution in [3.63, 3.8) is 0 Å². The predicted octanol–water partition coefficient (Wildman–Crippen LogP) is 2.03. The first kappa shape index (κ1) is 12.5. The van der Waals surface area contributed by atoms with Crippen molar-refractivity contribution in [3.05, 3.63) is 11.6 Å². The SMILES string of the molecule is CC(=O)[C@H]1CC[C@]2(C)CC(=O)C=C(C)[C@@]2(O)C1. The first-order valence-corrected chi connectivity index (χ1v) is 6.23. The van der Waals surface area contributed by atoms with Crippen molar-refractivity contribution < 1.29 is 14.7 Å². The van der Waals surface area contributed by atoms with E-state index in [0.29, 0.717) is 12.8 Å². The van der Waals surface area contributed by atoms with Gasteiger partial charge in [0.05, 0.1) is 5.60 Å². The smallest absolute Gasteiger partial charge is 0.156 e. The van der Waals surface area contributed by atoms with Crippen LogP contribution >= 0.6 is 0 Å². The van der Waals surface area contributed by atoms with E-state index < -0.39 is 11.0 Å². The van der Waals surface area contributed by atoms with Gasteiger partial charge in [0.2, 0.25) is 0 Å². The molecule has 2 aliphatic rings. The molecule has 3 nitrogen and oxygen atoms in total. The third-order valence-corrected chi connectivity index (χ3v) is 4.75. The van der Waals surface area contributed by atoms with Gasteiger partial charge >= 0.3 is 0 Å². The molecule has 0 unspecified atom stereocenters. The summed E-state index contributed by atoms with van der Waals surface area (Å²) in [7, 11) is 0. The van der Waals surface area contributed by atoms with Gasteiger partial charge in [-0.05, 0) is 44.8 Å². The lowest BCUT2D eigenvalue weighted by atomic mass is 9.54. The number of carbonyl (C=O) groups excluding carboxylic acids is 2. The fourth-order valence-corrected chi connectivity index (χ4v) is 3.42. The molecule has 0 heterocycles. The normalized spacial score (nSPS) is 41.8. The molecular formula is C14H20O3. The molecule has 0 amide bonds. The number of aliphatic hydroxyl groups is 1. The number of hydrogen-bond acceptors (Lipinski definition) is 3. The average Bonchev–Trinajstić information content (AvgIpc) is 2.20. The maximum Gasteiger partial charge on any atom is 0.156 e.